The van der Waals surface area contributed by atoms with Crippen molar-refractivity contribution in [2.75, 3.05) is 5.32 Å². The maximum Gasteiger partial charge on any atom is 0.227 e. The molecule has 0 saturated carbocycles. The molecule has 182 valence electrons. The SMILES string of the molecule is CC(=O)C1=C(C)Nc2nc(SCc3ccccc3Cl)nn2C1c1cccc(OCc2ccccc2)c1. The summed E-state index contributed by atoms with van der Waals surface area (Å²) in [5.74, 6) is 1.94. The van der Waals surface area contributed by atoms with Crippen LogP contribution in [0, 0.1) is 0 Å². The summed E-state index contributed by atoms with van der Waals surface area (Å²) in [5, 5.41) is 9.36. The second-order valence-electron chi connectivity index (χ2n) is 8.51. The zero-order chi connectivity index (χ0) is 25.1. The number of nitrogens with zero attached hydrogens (tertiary/aromatic N) is 3. The molecule has 0 aliphatic carbocycles. The second kappa shape index (κ2) is 10.6. The van der Waals surface area contributed by atoms with E-state index in [0.717, 1.165) is 28.1 Å². The van der Waals surface area contributed by atoms with Crippen molar-refractivity contribution in [3.05, 3.63) is 112 Å². The number of benzene rings is 3. The van der Waals surface area contributed by atoms with Crippen molar-refractivity contribution in [1.29, 1.82) is 0 Å². The molecule has 0 spiro atoms. The van der Waals surface area contributed by atoms with Gasteiger partial charge in [-0.1, -0.05) is 84.0 Å². The van der Waals surface area contributed by atoms with Gasteiger partial charge in [0.05, 0.1) is 0 Å². The lowest BCUT2D eigenvalue weighted by Crippen LogP contribution is -2.27. The van der Waals surface area contributed by atoms with Crippen molar-refractivity contribution in [2.45, 2.75) is 37.4 Å². The number of Topliss-reactive ketones (excluding diaryl/α,β-unsaturated/α-hetero) is 1. The number of hydrogen-bond acceptors (Lipinski definition) is 6. The molecule has 4 aromatic rings. The van der Waals surface area contributed by atoms with Gasteiger partial charge in [0.15, 0.2) is 5.78 Å². The highest BCUT2D eigenvalue weighted by Gasteiger charge is 2.33. The van der Waals surface area contributed by atoms with Crippen LogP contribution in [0.2, 0.25) is 5.02 Å². The van der Waals surface area contributed by atoms with Crippen LogP contribution in [-0.2, 0) is 17.2 Å². The summed E-state index contributed by atoms with van der Waals surface area (Å²) in [7, 11) is 0. The molecule has 0 radical (unpaired) electrons. The van der Waals surface area contributed by atoms with E-state index in [9.17, 15) is 4.79 Å². The van der Waals surface area contributed by atoms with E-state index in [2.05, 4.69) is 5.32 Å². The van der Waals surface area contributed by atoms with Crippen LogP contribution in [0.25, 0.3) is 0 Å². The van der Waals surface area contributed by atoms with Gasteiger partial charge in [-0.05, 0) is 48.7 Å². The molecule has 6 nitrogen and oxygen atoms in total. The van der Waals surface area contributed by atoms with Crippen LogP contribution in [0.3, 0.4) is 0 Å². The fourth-order valence-electron chi connectivity index (χ4n) is 4.23. The van der Waals surface area contributed by atoms with Gasteiger partial charge in [0, 0.05) is 22.0 Å². The van der Waals surface area contributed by atoms with Crippen molar-refractivity contribution in [2.24, 2.45) is 0 Å². The smallest absolute Gasteiger partial charge is 0.227 e. The zero-order valence-corrected chi connectivity index (χ0v) is 21.5. The summed E-state index contributed by atoms with van der Waals surface area (Å²) in [6.45, 7) is 3.94. The van der Waals surface area contributed by atoms with Crippen molar-refractivity contribution in [1.82, 2.24) is 14.8 Å². The number of hydrogen-bond donors (Lipinski definition) is 1. The van der Waals surface area contributed by atoms with Crippen molar-refractivity contribution in [3.63, 3.8) is 0 Å². The first-order valence-electron chi connectivity index (χ1n) is 11.6. The number of aromatic nitrogens is 3. The van der Waals surface area contributed by atoms with Crippen LogP contribution in [0.5, 0.6) is 5.75 Å². The number of ketones is 1. The van der Waals surface area contributed by atoms with E-state index in [1.54, 1.807) is 11.6 Å². The average molecular weight is 517 g/mol. The molecule has 1 aromatic heterocycles. The third kappa shape index (κ3) is 5.17. The minimum absolute atomic E-state index is 0.0213. The molecule has 0 amide bonds. The van der Waals surface area contributed by atoms with Crippen LogP contribution in [0.4, 0.5) is 5.95 Å². The highest BCUT2D eigenvalue weighted by molar-refractivity contribution is 7.98. The Bertz CT molecular complexity index is 1430. The van der Waals surface area contributed by atoms with E-state index in [1.807, 2.05) is 85.8 Å². The first kappa shape index (κ1) is 24.2. The zero-order valence-electron chi connectivity index (χ0n) is 19.9. The van der Waals surface area contributed by atoms with Gasteiger partial charge in [-0.3, -0.25) is 4.79 Å². The first-order valence-corrected chi connectivity index (χ1v) is 12.9. The lowest BCUT2D eigenvalue weighted by atomic mass is 9.93. The predicted octanol–water partition coefficient (Wildman–Crippen LogP) is 6.68. The molecular weight excluding hydrogens is 492 g/mol. The van der Waals surface area contributed by atoms with E-state index in [1.165, 1.54) is 11.8 Å². The molecule has 1 aliphatic rings. The molecule has 0 bridgehead atoms. The number of allylic oxidation sites excluding steroid dienone is 2. The molecule has 8 heteroatoms. The predicted molar refractivity (Wildman–Crippen MR) is 143 cm³/mol. The van der Waals surface area contributed by atoms with E-state index in [-0.39, 0.29) is 5.78 Å². The quantitative estimate of drug-likeness (QED) is 0.263. The average Bonchev–Trinajstić information content (AvgIpc) is 3.29. The van der Waals surface area contributed by atoms with Crippen molar-refractivity contribution in [3.8, 4) is 5.75 Å². The highest BCUT2D eigenvalue weighted by Crippen LogP contribution is 2.38. The topological polar surface area (TPSA) is 69.0 Å². The number of anilines is 1. The minimum atomic E-state index is -0.416. The van der Waals surface area contributed by atoms with Crippen molar-refractivity contribution >= 4 is 35.1 Å². The monoisotopic (exact) mass is 516 g/mol. The number of fused-ring (bicyclic) bond motifs is 1. The Kier molecular flexibility index (Phi) is 7.11. The Hall–Kier alpha value is -3.55. The summed E-state index contributed by atoms with van der Waals surface area (Å²) in [4.78, 5) is 17.4. The van der Waals surface area contributed by atoms with Crippen LogP contribution >= 0.6 is 23.4 Å². The fourth-order valence-corrected chi connectivity index (χ4v) is 5.34. The van der Waals surface area contributed by atoms with Gasteiger partial charge < -0.3 is 10.1 Å². The molecule has 2 heterocycles. The molecule has 1 N–H and O–H groups in total. The lowest BCUT2D eigenvalue weighted by molar-refractivity contribution is -0.114. The maximum absolute atomic E-state index is 12.7. The Morgan fingerprint density at radius 2 is 1.86 bits per heavy atom. The third-order valence-corrected chi connectivity index (χ3v) is 7.20. The summed E-state index contributed by atoms with van der Waals surface area (Å²) in [5.41, 5.74) is 4.42. The van der Waals surface area contributed by atoms with Crippen LogP contribution in [-0.4, -0.2) is 20.5 Å². The Labute approximate surface area is 219 Å². The molecule has 3 aromatic carbocycles. The van der Waals surface area contributed by atoms with Gasteiger partial charge in [-0.15, -0.1) is 5.10 Å². The normalized spacial score (nSPS) is 14.8. The number of rotatable bonds is 8. The van der Waals surface area contributed by atoms with Crippen LogP contribution in [0.1, 0.15) is 36.6 Å². The van der Waals surface area contributed by atoms with E-state index in [0.29, 0.717) is 34.1 Å². The molecule has 1 unspecified atom stereocenters. The Morgan fingerprint density at radius 1 is 1.08 bits per heavy atom. The number of halogens is 1. The Balaban J connectivity index is 1.44. The largest absolute Gasteiger partial charge is 0.489 e. The van der Waals surface area contributed by atoms with Crippen molar-refractivity contribution < 1.29 is 9.53 Å². The van der Waals surface area contributed by atoms with Crippen LogP contribution < -0.4 is 10.1 Å². The molecule has 1 atom stereocenters. The third-order valence-electron chi connectivity index (χ3n) is 5.95. The molecule has 0 saturated heterocycles. The molecule has 36 heavy (non-hydrogen) atoms. The number of carbonyl (C=O) groups is 1. The molecule has 5 rings (SSSR count). The number of carbonyl (C=O) groups excluding carboxylic acids is 1. The second-order valence-corrected chi connectivity index (χ2v) is 9.86. The van der Waals surface area contributed by atoms with E-state index < -0.39 is 6.04 Å². The van der Waals surface area contributed by atoms with Crippen LogP contribution in [0.15, 0.2) is 95.3 Å². The summed E-state index contributed by atoms with van der Waals surface area (Å²) in [6.07, 6.45) is 0. The van der Waals surface area contributed by atoms with Gasteiger partial charge >= 0.3 is 0 Å². The van der Waals surface area contributed by atoms with E-state index >= 15 is 0 Å². The van der Waals surface area contributed by atoms with Gasteiger partial charge in [-0.2, -0.15) is 4.98 Å². The van der Waals surface area contributed by atoms with Gasteiger partial charge in [0.1, 0.15) is 18.4 Å². The maximum atomic E-state index is 12.7. The summed E-state index contributed by atoms with van der Waals surface area (Å²) in [6, 6.07) is 25.2. The number of ether oxygens (including phenoxy) is 1. The standard InChI is InChI=1S/C28H25ClN4O2S/c1-18-25(19(2)34)26(21-12-8-13-23(15-21)35-16-20-9-4-3-5-10-20)33-27(30-18)31-28(32-33)36-17-22-11-6-7-14-24(22)29/h3-15,26H,16-17H2,1-2H3,(H,30,31,32). The summed E-state index contributed by atoms with van der Waals surface area (Å²) < 4.78 is 7.85. The lowest BCUT2D eigenvalue weighted by Gasteiger charge is -2.28. The fraction of sp³-hybridized carbons (Fsp3) is 0.179. The Morgan fingerprint density at radius 3 is 2.64 bits per heavy atom. The van der Waals surface area contributed by atoms with Gasteiger partial charge in [-0.25, -0.2) is 4.68 Å². The highest BCUT2D eigenvalue weighted by atomic mass is 35.5. The number of thioether (sulfide) groups is 1. The first-order chi connectivity index (χ1) is 17.5. The molecule has 0 fully saturated rings. The molecular formula is C28H25ClN4O2S. The molecule has 1 aliphatic heterocycles. The minimum Gasteiger partial charge on any atom is -0.489 e. The number of nitrogens with one attached hydrogen (secondary N) is 1. The van der Waals surface area contributed by atoms with E-state index in [4.69, 9.17) is 26.4 Å². The summed E-state index contributed by atoms with van der Waals surface area (Å²) >= 11 is 7.82. The van der Waals surface area contributed by atoms with Gasteiger partial charge in [0.2, 0.25) is 11.1 Å². The van der Waals surface area contributed by atoms with Gasteiger partial charge in [0.25, 0.3) is 0 Å².